The van der Waals surface area contributed by atoms with Gasteiger partial charge in [-0.25, -0.2) is 12.7 Å². The Morgan fingerprint density at radius 2 is 2.14 bits per heavy atom. The summed E-state index contributed by atoms with van der Waals surface area (Å²) in [6.45, 7) is 5.15. The lowest BCUT2D eigenvalue weighted by molar-refractivity contribution is 0.263. The van der Waals surface area contributed by atoms with Crippen LogP contribution in [0.25, 0.3) is 0 Å². The molecule has 2 rings (SSSR count). The third-order valence-electron chi connectivity index (χ3n) is 3.82. The monoisotopic (exact) mass is 378 g/mol. The fourth-order valence-corrected chi connectivity index (χ4v) is 4.47. The Hall–Kier alpha value is -0.370. The molecule has 1 heterocycles. The fraction of sp³-hybridized carbons (Fsp3) is 0.714. The Morgan fingerprint density at radius 1 is 1.48 bits per heavy atom. The molecule has 1 aliphatic rings. The van der Waals surface area contributed by atoms with Crippen LogP contribution in [-0.4, -0.2) is 32.4 Å². The number of furan rings is 1. The smallest absolute Gasteiger partial charge is 0.247 e. The van der Waals surface area contributed by atoms with Gasteiger partial charge in [0.2, 0.25) is 10.0 Å². The second-order valence-electron chi connectivity index (χ2n) is 5.97. The summed E-state index contributed by atoms with van der Waals surface area (Å²) < 4.78 is 32.4. The molecule has 0 saturated heterocycles. The first-order valence-corrected chi connectivity index (χ1v) is 9.52. The van der Waals surface area contributed by atoms with Crippen LogP contribution in [0.15, 0.2) is 20.0 Å². The van der Waals surface area contributed by atoms with Gasteiger partial charge in [-0.05, 0) is 34.7 Å². The van der Waals surface area contributed by atoms with Crippen molar-refractivity contribution in [3.05, 3.63) is 16.5 Å². The summed E-state index contributed by atoms with van der Waals surface area (Å²) in [5.74, 6) is 1.11. The van der Waals surface area contributed by atoms with Crippen LogP contribution < -0.4 is 5.32 Å². The first kappa shape index (κ1) is 17.0. The second-order valence-corrected chi connectivity index (χ2v) is 8.70. The van der Waals surface area contributed by atoms with Gasteiger partial charge in [-0.1, -0.05) is 20.3 Å². The quantitative estimate of drug-likeness (QED) is 0.791. The van der Waals surface area contributed by atoms with E-state index in [1.165, 1.54) is 10.7 Å². The van der Waals surface area contributed by atoms with Crippen LogP contribution >= 0.6 is 15.9 Å². The highest BCUT2D eigenvalue weighted by molar-refractivity contribution is 9.10. The maximum absolute atomic E-state index is 12.6. The Bertz CT molecular complexity index is 579. The molecule has 0 aromatic carbocycles. The molecular formula is C14H23BrN2O3S. The topological polar surface area (TPSA) is 62.6 Å². The summed E-state index contributed by atoms with van der Waals surface area (Å²) >= 11 is 3.23. The highest BCUT2D eigenvalue weighted by atomic mass is 79.9. The zero-order valence-corrected chi connectivity index (χ0v) is 15.1. The molecule has 0 atom stereocenters. The molecule has 7 heteroatoms. The molecule has 1 fully saturated rings. The van der Waals surface area contributed by atoms with Crippen LogP contribution in [0.1, 0.15) is 38.9 Å². The van der Waals surface area contributed by atoms with Crippen molar-refractivity contribution < 1.29 is 12.8 Å². The van der Waals surface area contributed by atoms with E-state index in [0.717, 1.165) is 12.8 Å². The SMILES string of the molecule is CC(C)NCc1cc(S(=O)(=O)N(C)CC2CCC2)c(Br)o1. The molecule has 0 bridgehead atoms. The molecule has 1 aliphatic carbocycles. The van der Waals surface area contributed by atoms with Crippen molar-refractivity contribution in [2.45, 2.75) is 50.6 Å². The van der Waals surface area contributed by atoms with E-state index in [1.54, 1.807) is 13.1 Å². The summed E-state index contributed by atoms with van der Waals surface area (Å²) in [6, 6.07) is 1.92. The molecule has 1 N–H and O–H groups in total. The second kappa shape index (κ2) is 6.81. The van der Waals surface area contributed by atoms with Crippen molar-refractivity contribution in [1.82, 2.24) is 9.62 Å². The number of sulfonamides is 1. The maximum Gasteiger partial charge on any atom is 0.247 e. The Kier molecular flexibility index (Phi) is 5.51. The van der Waals surface area contributed by atoms with Gasteiger partial charge >= 0.3 is 0 Å². The molecule has 0 radical (unpaired) electrons. The van der Waals surface area contributed by atoms with E-state index in [4.69, 9.17) is 4.42 Å². The van der Waals surface area contributed by atoms with E-state index in [-0.39, 0.29) is 9.56 Å². The van der Waals surface area contributed by atoms with Gasteiger partial charge in [0.15, 0.2) is 4.67 Å². The van der Waals surface area contributed by atoms with E-state index in [1.807, 2.05) is 13.8 Å². The van der Waals surface area contributed by atoms with Gasteiger partial charge in [-0.3, -0.25) is 0 Å². The molecule has 5 nitrogen and oxygen atoms in total. The number of nitrogens with one attached hydrogen (secondary N) is 1. The summed E-state index contributed by atoms with van der Waals surface area (Å²) in [6.07, 6.45) is 3.45. The normalized spacial score (nSPS) is 16.7. The van der Waals surface area contributed by atoms with Gasteiger partial charge < -0.3 is 9.73 Å². The van der Waals surface area contributed by atoms with E-state index in [9.17, 15) is 8.42 Å². The van der Waals surface area contributed by atoms with E-state index in [0.29, 0.717) is 30.8 Å². The number of hydrogen-bond acceptors (Lipinski definition) is 4. The summed E-state index contributed by atoms with van der Waals surface area (Å²) in [5, 5.41) is 3.21. The number of nitrogens with zero attached hydrogens (tertiary/aromatic N) is 1. The van der Waals surface area contributed by atoms with Gasteiger partial charge in [-0.2, -0.15) is 0 Å². The Labute approximate surface area is 135 Å². The van der Waals surface area contributed by atoms with Crippen molar-refractivity contribution in [3.8, 4) is 0 Å². The predicted molar refractivity (Wildman–Crippen MR) is 85.5 cm³/mol. The van der Waals surface area contributed by atoms with Gasteiger partial charge in [-0.15, -0.1) is 0 Å². The van der Waals surface area contributed by atoms with Crippen LogP contribution in [0.3, 0.4) is 0 Å². The lowest BCUT2D eigenvalue weighted by Gasteiger charge is -2.29. The first-order valence-electron chi connectivity index (χ1n) is 7.28. The van der Waals surface area contributed by atoms with Crippen molar-refractivity contribution >= 4 is 26.0 Å². The Morgan fingerprint density at radius 3 is 2.67 bits per heavy atom. The lowest BCUT2D eigenvalue weighted by atomic mass is 9.86. The van der Waals surface area contributed by atoms with Crippen molar-refractivity contribution in [3.63, 3.8) is 0 Å². The largest absolute Gasteiger partial charge is 0.452 e. The first-order chi connectivity index (χ1) is 9.80. The van der Waals surface area contributed by atoms with Gasteiger partial charge in [0.1, 0.15) is 10.7 Å². The highest BCUT2D eigenvalue weighted by Crippen LogP contribution is 2.31. The number of halogens is 1. The third-order valence-corrected chi connectivity index (χ3v) is 6.50. The number of hydrogen-bond donors (Lipinski definition) is 1. The standard InChI is InChI=1S/C14H23BrN2O3S/c1-10(2)16-8-12-7-13(14(15)20-12)21(18,19)17(3)9-11-5-4-6-11/h7,10-11,16H,4-6,8-9H2,1-3H3. The fourth-order valence-electron chi connectivity index (χ4n) is 2.27. The zero-order chi connectivity index (χ0) is 15.6. The number of rotatable bonds is 7. The average molecular weight is 379 g/mol. The average Bonchev–Trinajstić information content (AvgIpc) is 2.73. The minimum atomic E-state index is -3.49. The molecular weight excluding hydrogens is 356 g/mol. The van der Waals surface area contributed by atoms with Gasteiger partial charge in [0, 0.05) is 25.7 Å². The molecule has 0 aliphatic heterocycles. The van der Waals surface area contributed by atoms with E-state index < -0.39 is 10.0 Å². The van der Waals surface area contributed by atoms with E-state index in [2.05, 4.69) is 21.2 Å². The summed E-state index contributed by atoms with van der Waals surface area (Å²) in [5.41, 5.74) is 0. The third kappa shape index (κ3) is 4.09. The summed E-state index contributed by atoms with van der Waals surface area (Å²) in [7, 11) is -1.86. The van der Waals surface area contributed by atoms with Crippen LogP contribution in [0, 0.1) is 5.92 Å². The van der Waals surface area contributed by atoms with E-state index >= 15 is 0 Å². The zero-order valence-electron chi connectivity index (χ0n) is 12.7. The molecule has 0 amide bonds. The van der Waals surface area contributed by atoms with Crippen molar-refractivity contribution in [2.75, 3.05) is 13.6 Å². The van der Waals surface area contributed by atoms with Crippen LogP contribution in [0.2, 0.25) is 0 Å². The molecule has 0 spiro atoms. The lowest BCUT2D eigenvalue weighted by Crippen LogP contribution is -2.34. The summed E-state index contributed by atoms with van der Waals surface area (Å²) in [4.78, 5) is 0.213. The molecule has 120 valence electrons. The molecule has 21 heavy (non-hydrogen) atoms. The van der Waals surface area contributed by atoms with Gasteiger partial charge in [0.25, 0.3) is 0 Å². The molecule has 1 saturated carbocycles. The van der Waals surface area contributed by atoms with Gasteiger partial charge in [0.05, 0.1) is 6.54 Å². The van der Waals surface area contributed by atoms with Crippen LogP contribution in [-0.2, 0) is 16.6 Å². The maximum atomic E-state index is 12.6. The van der Waals surface area contributed by atoms with Crippen LogP contribution in [0.5, 0.6) is 0 Å². The van der Waals surface area contributed by atoms with Crippen LogP contribution in [0.4, 0.5) is 0 Å². The molecule has 1 aromatic rings. The minimum absolute atomic E-state index is 0.213. The molecule has 1 aromatic heterocycles. The minimum Gasteiger partial charge on any atom is -0.452 e. The highest BCUT2D eigenvalue weighted by Gasteiger charge is 2.30. The van der Waals surface area contributed by atoms with Crippen molar-refractivity contribution in [2.24, 2.45) is 5.92 Å². The van der Waals surface area contributed by atoms with Crippen molar-refractivity contribution in [1.29, 1.82) is 0 Å². The molecule has 0 unspecified atom stereocenters. The predicted octanol–water partition coefficient (Wildman–Crippen LogP) is 2.96. The Balaban J connectivity index is 2.11.